The van der Waals surface area contributed by atoms with Gasteiger partial charge >= 0.3 is 0 Å². The van der Waals surface area contributed by atoms with Crippen molar-refractivity contribution >= 4 is 34.6 Å². The first-order valence-corrected chi connectivity index (χ1v) is 8.29. The summed E-state index contributed by atoms with van der Waals surface area (Å²) in [4.78, 5) is 21.9. The summed E-state index contributed by atoms with van der Waals surface area (Å²) in [6.07, 6.45) is 0. The lowest BCUT2D eigenvalue weighted by molar-refractivity contribution is -0.384. The number of hydrazine groups is 1. The third-order valence-corrected chi connectivity index (χ3v) is 3.59. The van der Waals surface area contributed by atoms with Crippen LogP contribution in [0.15, 0.2) is 42.5 Å². The Bertz CT molecular complexity index is 859. The Morgan fingerprint density at radius 2 is 1.75 bits per heavy atom. The van der Waals surface area contributed by atoms with Gasteiger partial charge in [-0.2, -0.15) is 0 Å². The quantitative estimate of drug-likeness (QED) is 0.360. The summed E-state index contributed by atoms with van der Waals surface area (Å²) < 4.78 is 15.6. The first-order valence-electron chi connectivity index (χ1n) is 7.88. The van der Waals surface area contributed by atoms with Crippen LogP contribution < -0.4 is 30.4 Å². The summed E-state index contributed by atoms with van der Waals surface area (Å²) in [5, 5.41) is 13.6. The van der Waals surface area contributed by atoms with Crippen LogP contribution in [0, 0.1) is 10.1 Å². The van der Waals surface area contributed by atoms with Crippen molar-refractivity contribution in [3.8, 4) is 17.2 Å². The van der Waals surface area contributed by atoms with Gasteiger partial charge in [-0.25, -0.2) is 0 Å². The molecule has 11 heteroatoms. The highest BCUT2D eigenvalue weighted by Gasteiger charge is 2.09. The molecule has 2 rings (SSSR count). The van der Waals surface area contributed by atoms with Gasteiger partial charge in [-0.1, -0.05) is 0 Å². The Morgan fingerprint density at radius 1 is 1.07 bits per heavy atom. The topological polar surface area (TPSA) is 124 Å². The van der Waals surface area contributed by atoms with Crippen LogP contribution in [0.25, 0.3) is 0 Å². The maximum atomic E-state index is 11.8. The number of nitro benzene ring substituents is 1. The third kappa shape index (κ3) is 5.99. The van der Waals surface area contributed by atoms with Gasteiger partial charge in [0.2, 0.25) is 0 Å². The lowest BCUT2D eigenvalue weighted by Crippen LogP contribution is -2.45. The van der Waals surface area contributed by atoms with Crippen LogP contribution in [0.3, 0.4) is 0 Å². The molecule has 1 amide bonds. The van der Waals surface area contributed by atoms with Crippen LogP contribution in [-0.2, 0) is 4.79 Å². The number of anilines is 1. The minimum absolute atomic E-state index is 0.0668. The van der Waals surface area contributed by atoms with Crippen molar-refractivity contribution in [1.82, 2.24) is 10.9 Å². The van der Waals surface area contributed by atoms with Crippen LogP contribution in [0.2, 0.25) is 0 Å². The van der Waals surface area contributed by atoms with Crippen molar-refractivity contribution in [3.05, 3.63) is 52.6 Å². The highest BCUT2D eigenvalue weighted by Crippen LogP contribution is 2.28. The predicted octanol–water partition coefficient (Wildman–Crippen LogP) is 2.01. The number of hydrogen-bond acceptors (Lipinski definition) is 7. The normalized spacial score (nSPS) is 9.79. The van der Waals surface area contributed by atoms with Gasteiger partial charge in [0.05, 0.1) is 24.8 Å². The molecule has 10 nitrogen and oxygen atoms in total. The van der Waals surface area contributed by atoms with E-state index in [1.807, 2.05) is 0 Å². The summed E-state index contributed by atoms with van der Waals surface area (Å²) in [7, 11) is 3.05. The number of rotatable bonds is 7. The van der Waals surface area contributed by atoms with Gasteiger partial charge in [0.25, 0.3) is 11.6 Å². The minimum atomic E-state index is -0.522. The van der Waals surface area contributed by atoms with Gasteiger partial charge in [0.1, 0.15) is 17.2 Å². The number of hydrogen-bond donors (Lipinski definition) is 3. The van der Waals surface area contributed by atoms with Crippen molar-refractivity contribution in [2.24, 2.45) is 0 Å². The fourth-order valence-electron chi connectivity index (χ4n) is 2.04. The number of non-ortho nitro benzene ring substituents is 1. The third-order valence-electron chi connectivity index (χ3n) is 3.39. The molecular formula is C17H18N4O6S. The lowest BCUT2D eigenvalue weighted by atomic mass is 10.2. The molecular weight excluding hydrogens is 388 g/mol. The van der Waals surface area contributed by atoms with E-state index in [4.69, 9.17) is 26.4 Å². The summed E-state index contributed by atoms with van der Waals surface area (Å²) in [6.45, 7) is -0.310. The molecule has 0 fully saturated rings. The van der Waals surface area contributed by atoms with E-state index in [1.165, 1.54) is 38.5 Å². The molecule has 2 aromatic rings. The molecule has 148 valence electrons. The highest BCUT2D eigenvalue weighted by molar-refractivity contribution is 7.80. The van der Waals surface area contributed by atoms with Crippen molar-refractivity contribution in [3.63, 3.8) is 0 Å². The Hall–Kier alpha value is -3.60. The fourth-order valence-corrected chi connectivity index (χ4v) is 2.20. The van der Waals surface area contributed by atoms with E-state index >= 15 is 0 Å². The van der Waals surface area contributed by atoms with E-state index < -0.39 is 10.8 Å². The highest BCUT2D eigenvalue weighted by atomic mass is 32.1. The SMILES string of the molecule is COc1ccc(OC)c(NC(=S)NNC(=O)COc2ccc([N+](=O)[O-])cc2)c1. The number of benzene rings is 2. The molecule has 0 saturated heterocycles. The Labute approximate surface area is 165 Å². The van der Waals surface area contributed by atoms with Crippen molar-refractivity contribution in [1.29, 1.82) is 0 Å². The van der Waals surface area contributed by atoms with Crippen LogP contribution in [-0.4, -0.2) is 36.8 Å². The Morgan fingerprint density at radius 3 is 2.36 bits per heavy atom. The van der Waals surface area contributed by atoms with Crippen LogP contribution in [0.1, 0.15) is 0 Å². The molecule has 0 bridgehead atoms. The molecule has 3 N–H and O–H groups in total. The summed E-state index contributed by atoms with van der Waals surface area (Å²) in [5.74, 6) is 0.965. The molecule has 0 aliphatic rings. The summed E-state index contributed by atoms with van der Waals surface area (Å²) in [6, 6.07) is 10.5. The van der Waals surface area contributed by atoms with Crippen molar-refractivity contribution in [2.75, 3.05) is 26.1 Å². The molecule has 0 aliphatic carbocycles. The number of ether oxygens (including phenoxy) is 3. The molecule has 0 atom stereocenters. The Kier molecular flexibility index (Phi) is 7.34. The van der Waals surface area contributed by atoms with E-state index in [2.05, 4.69) is 16.2 Å². The van der Waals surface area contributed by atoms with Crippen LogP contribution in [0.5, 0.6) is 17.2 Å². The van der Waals surface area contributed by atoms with E-state index in [-0.39, 0.29) is 17.4 Å². The molecule has 0 heterocycles. The molecule has 0 saturated carbocycles. The number of nitrogens with one attached hydrogen (secondary N) is 3. The second-order valence-electron chi connectivity index (χ2n) is 5.23. The number of methoxy groups -OCH3 is 2. The van der Waals surface area contributed by atoms with Gasteiger partial charge in [-0.3, -0.25) is 25.8 Å². The number of nitro groups is 1. The second kappa shape index (κ2) is 9.92. The lowest BCUT2D eigenvalue weighted by Gasteiger charge is -2.15. The monoisotopic (exact) mass is 406 g/mol. The van der Waals surface area contributed by atoms with Gasteiger partial charge in [0, 0.05) is 18.2 Å². The second-order valence-corrected chi connectivity index (χ2v) is 5.64. The average molecular weight is 406 g/mol. The summed E-state index contributed by atoms with van der Waals surface area (Å²) in [5.41, 5.74) is 5.39. The van der Waals surface area contributed by atoms with Crippen molar-refractivity contribution in [2.45, 2.75) is 0 Å². The summed E-state index contributed by atoms with van der Waals surface area (Å²) >= 11 is 5.12. The fraction of sp³-hybridized carbons (Fsp3) is 0.176. The largest absolute Gasteiger partial charge is 0.497 e. The molecule has 0 radical (unpaired) electrons. The zero-order valence-corrected chi connectivity index (χ0v) is 15.9. The zero-order valence-electron chi connectivity index (χ0n) is 15.1. The standard InChI is InChI=1S/C17H18N4O6S/c1-25-13-7-8-15(26-2)14(9-13)18-17(28)20-19-16(22)10-27-12-5-3-11(4-6-12)21(23)24/h3-9H,10H2,1-2H3,(H,19,22)(H2,18,20,28). The number of thiocarbonyl (C=S) groups is 1. The van der Waals surface area contributed by atoms with E-state index in [1.54, 1.807) is 18.2 Å². The number of amides is 1. The van der Waals surface area contributed by atoms with Gasteiger partial charge in [0.15, 0.2) is 11.7 Å². The van der Waals surface area contributed by atoms with Crippen LogP contribution >= 0.6 is 12.2 Å². The number of nitrogens with zero attached hydrogens (tertiary/aromatic N) is 1. The van der Waals surface area contributed by atoms with Gasteiger partial charge in [-0.15, -0.1) is 0 Å². The molecule has 0 spiro atoms. The average Bonchev–Trinajstić information content (AvgIpc) is 2.70. The minimum Gasteiger partial charge on any atom is -0.497 e. The first-order chi connectivity index (χ1) is 13.4. The molecule has 0 aliphatic heterocycles. The van der Waals surface area contributed by atoms with E-state index in [0.29, 0.717) is 22.9 Å². The molecule has 28 heavy (non-hydrogen) atoms. The zero-order chi connectivity index (χ0) is 20.5. The molecule has 0 unspecified atom stereocenters. The van der Waals surface area contributed by atoms with Crippen molar-refractivity contribution < 1.29 is 23.9 Å². The number of carbonyl (C=O) groups is 1. The maximum absolute atomic E-state index is 11.8. The van der Waals surface area contributed by atoms with Crippen LogP contribution in [0.4, 0.5) is 11.4 Å². The Balaban J connectivity index is 1.81. The molecule has 0 aromatic heterocycles. The molecule has 2 aromatic carbocycles. The smallest absolute Gasteiger partial charge is 0.276 e. The van der Waals surface area contributed by atoms with Gasteiger partial charge < -0.3 is 19.5 Å². The van der Waals surface area contributed by atoms with E-state index in [9.17, 15) is 14.9 Å². The van der Waals surface area contributed by atoms with E-state index in [0.717, 1.165) is 0 Å². The first kappa shape index (κ1) is 20.7. The number of carbonyl (C=O) groups excluding carboxylic acids is 1. The predicted molar refractivity (Wildman–Crippen MR) is 106 cm³/mol. The maximum Gasteiger partial charge on any atom is 0.276 e. The van der Waals surface area contributed by atoms with Gasteiger partial charge in [-0.05, 0) is 36.5 Å².